The molecule has 0 amide bonds. The van der Waals surface area contributed by atoms with Crippen molar-refractivity contribution in [1.29, 1.82) is 0 Å². The Hall–Kier alpha value is 4.20. The molecule has 0 rings (SSSR count). The molecule has 0 heterocycles. The monoisotopic (exact) mass is 612 g/mol. The zero-order chi connectivity index (χ0) is 21.6. The quantitative estimate of drug-likeness (QED) is 0.0919. The molecule has 0 saturated heterocycles. The van der Waals surface area contributed by atoms with Crippen molar-refractivity contribution in [3.63, 3.8) is 0 Å². The molecule has 12 heteroatoms. The van der Waals surface area contributed by atoms with Crippen LogP contribution in [0.4, 0.5) is 0 Å². The molecule has 0 fully saturated rings. The van der Waals surface area contributed by atoms with Gasteiger partial charge in [0.05, 0.1) is 0 Å². The Balaban J connectivity index is 0. The molecule has 0 aromatic carbocycles. The van der Waals surface area contributed by atoms with Crippen molar-refractivity contribution in [3.05, 3.63) is 0 Å². The molecule has 0 aromatic heterocycles. The van der Waals surface area contributed by atoms with Crippen molar-refractivity contribution in [2.24, 2.45) is 0 Å². The lowest BCUT2D eigenvalue weighted by Gasteiger charge is -2.23. The van der Waals surface area contributed by atoms with E-state index < -0.39 is 0 Å². The number of thioether (sulfide) groups is 4. The second-order valence-corrected chi connectivity index (χ2v) is 13.9. The van der Waals surface area contributed by atoms with Crippen LogP contribution in [0.1, 0.15) is 0 Å². The molecule has 0 N–H and O–H groups in total. The maximum absolute atomic E-state index is 4.39. The normalized spacial score (nSPS) is 15.4. The molecule has 0 aromatic rings. The summed E-state index contributed by atoms with van der Waals surface area (Å²) in [6.07, 6.45) is 0. The Bertz CT molecular complexity index is 241. The van der Waals surface area contributed by atoms with E-state index in [1.807, 2.05) is 47.0 Å². The maximum Gasteiger partial charge on any atom is 0.0262 e. The van der Waals surface area contributed by atoms with Crippen molar-refractivity contribution in [1.82, 2.24) is 0 Å². The van der Waals surface area contributed by atoms with E-state index in [2.05, 4.69) is 101 Å². The van der Waals surface area contributed by atoms with Crippen LogP contribution in [0.5, 0.6) is 0 Å². The fourth-order valence-electron chi connectivity index (χ4n) is 1.93. The molecule has 172 valence electrons. The summed E-state index contributed by atoms with van der Waals surface area (Å²) in [7, 11) is 0. The fraction of sp³-hybridized carbons (Fsp3) is 1.00. The van der Waals surface area contributed by atoms with Crippen LogP contribution in [-0.4, -0.2) is 90.0 Å². The third kappa shape index (κ3) is 19.6. The van der Waals surface area contributed by atoms with Crippen LogP contribution in [0.2, 0.25) is 0 Å². The lowest BCUT2D eigenvalue weighted by molar-refractivity contribution is 0.953. The van der Waals surface area contributed by atoms with Gasteiger partial charge in [0.15, 0.2) is 0 Å². The maximum atomic E-state index is 4.39. The van der Waals surface area contributed by atoms with E-state index in [9.17, 15) is 0 Å². The first-order valence-electron chi connectivity index (χ1n) is 8.93. The molecule has 0 bridgehead atoms. The zero-order valence-corrected chi connectivity index (χ0v) is 26.4. The largest absolute Gasteiger partial charge is 0.179 e. The summed E-state index contributed by atoms with van der Waals surface area (Å²) >= 11 is 42.3. The van der Waals surface area contributed by atoms with Crippen LogP contribution in [0.15, 0.2) is 0 Å². The molecule has 0 aliphatic rings. The van der Waals surface area contributed by atoms with Gasteiger partial charge in [0, 0.05) is 67.0 Å². The summed E-state index contributed by atoms with van der Waals surface area (Å²) in [6.45, 7) is 0. The van der Waals surface area contributed by atoms with E-state index in [4.69, 9.17) is 0 Å². The van der Waals surface area contributed by atoms with Gasteiger partial charge in [-0.05, 0) is 23.0 Å². The van der Waals surface area contributed by atoms with Gasteiger partial charge >= 0.3 is 0 Å². The molecule has 0 nitrogen and oxygen atoms in total. The van der Waals surface area contributed by atoms with Gasteiger partial charge in [0.2, 0.25) is 0 Å². The van der Waals surface area contributed by atoms with Crippen LogP contribution in [0.3, 0.4) is 0 Å². The third-order valence-electron chi connectivity index (χ3n) is 3.24. The molecular formula is C16H36S12. The summed E-state index contributed by atoms with van der Waals surface area (Å²) in [6, 6.07) is 0. The fourth-order valence-corrected chi connectivity index (χ4v) is 10.3. The second-order valence-electron chi connectivity index (χ2n) is 5.26. The Morgan fingerprint density at radius 1 is 0.357 bits per heavy atom. The van der Waals surface area contributed by atoms with Gasteiger partial charge in [-0.25, -0.2) is 0 Å². The van der Waals surface area contributed by atoms with Crippen molar-refractivity contribution in [2.75, 3.05) is 69.0 Å². The Morgan fingerprint density at radius 3 is 0.643 bits per heavy atom. The first-order valence-corrected chi connectivity index (χ1v) is 18.2. The number of hydrogen-bond acceptors (Lipinski definition) is 12. The van der Waals surface area contributed by atoms with Crippen LogP contribution in [0, 0.1) is 0 Å². The van der Waals surface area contributed by atoms with Gasteiger partial charge in [-0.1, -0.05) is 0 Å². The molecule has 0 aliphatic heterocycles. The van der Waals surface area contributed by atoms with Gasteiger partial charge in [-0.2, -0.15) is 148 Å². The standard InChI is InChI=1S/2C8H18S6/c2*9-1-3-13-7(5-11)8(6-12)14-4-2-10/h2*7-12H,1-6H2. The Morgan fingerprint density at radius 2 is 0.536 bits per heavy atom. The predicted octanol–water partition coefficient (Wildman–Crippen LogP) is 5.82. The smallest absolute Gasteiger partial charge is 0.0262 e. The van der Waals surface area contributed by atoms with Gasteiger partial charge in [-0.3, -0.25) is 0 Å². The molecule has 0 spiro atoms. The van der Waals surface area contributed by atoms with Crippen LogP contribution < -0.4 is 0 Å². The Labute approximate surface area is 235 Å². The lowest BCUT2D eigenvalue weighted by Crippen LogP contribution is -2.25. The van der Waals surface area contributed by atoms with Crippen molar-refractivity contribution >= 4 is 148 Å². The summed E-state index contributed by atoms with van der Waals surface area (Å²) < 4.78 is 0. The van der Waals surface area contributed by atoms with Crippen LogP contribution in [0.25, 0.3) is 0 Å². The highest BCUT2D eigenvalue weighted by molar-refractivity contribution is 8.05. The van der Waals surface area contributed by atoms with Gasteiger partial charge < -0.3 is 0 Å². The number of thiol groups is 8. The first kappa shape index (κ1) is 34.4. The van der Waals surface area contributed by atoms with E-state index in [1.54, 1.807) is 0 Å². The summed E-state index contributed by atoms with van der Waals surface area (Å²) in [5.74, 6) is 11.8. The van der Waals surface area contributed by atoms with Crippen LogP contribution >= 0.6 is 148 Å². The van der Waals surface area contributed by atoms with Crippen molar-refractivity contribution in [3.8, 4) is 0 Å². The molecule has 4 unspecified atom stereocenters. The van der Waals surface area contributed by atoms with E-state index in [-0.39, 0.29) is 0 Å². The molecule has 0 radical (unpaired) electrons. The summed E-state index contributed by atoms with van der Waals surface area (Å²) in [4.78, 5) is 0. The van der Waals surface area contributed by atoms with Gasteiger partial charge in [0.25, 0.3) is 0 Å². The average Bonchev–Trinajstić information content (AvgIpc) is 2.73. The zero-order valence-electron chi connectivity index (χ0n) is 16.0. The van der Waals surface area contributed by atoms with Crippen LogP contribution in [-0.2, 0) is 0 Å². The first-order chi connectivity index (χ1) is 13.6. The highest BCUT2D eigenvalue weighted by Crippen LogP contribution is 2.28. The topological polar surface area (TPSA) is 0 Å². The van der Waals surface area contributed by atoms with E-state index in [1.165, 1.54) is 0 Å². The lowest BCUT2D eigenvalue weighted by atomic mass is 10.3. The minimum atomic E-state index is 0.591. The second kappa shape index (κ2) is 27.4. The minimum Gasteiger partial charge on any atom is -0.179 e. The molecule has 0 aliphatic carbocycles. The molecule has 4 atom stereocenters. The van der Waals surface area contributed by atoms with E-state index in [0.717, 1.165) is 69.0 Å². The van der Waals surface area contributed by atoms with Crippen molar-refractivity contribution in [2.45, 2.75) is 21.0 Å². The highest BCUT2D eigenvalue weighted by atomic mass is 32.2. The Kier molecular flexibility index (Phi) is 33.7. The molecule has 28 heavy (non-hydrogen) atoms. The number of hydrogen-bond donors (Lipinski definition) is 8. The molecule has 0 saturated carbocycles. The number of rotatable bonds is 18. The van der Waals surface area contributed by atoms with Gasteiger partial charge in [-0.15, -0.1) is 0 Å². The average molecular weight is 613 g/mol. The van der Waals surface area contributed by atoms with Gasteiger partial charge in [0.1, 0.15) is 0 Å². The molecular weight excluding hydrogens is 577 g/mol. The SMILES string of the molecule is SCCSC(CS)C(CS)SCCS.SCCSC(CS)C(CS)SCCS. The van der Waals surface area contributed by atoms with Crippen molar-refractivity contribution < 1.29 is 0 Å². The van der Waals surface area contributed by atoms with E-state index >= 15 is 0 Å². The minimum absolute atomic E-state index is 0.591. The summed E-state index contributed by atoms with van der Waals surface area (Å²) in [5, 5.41) is 2.36. The third-order valence-corrected chi connectivity index (χ3v) is 13.7. The summed E-state index contributed by atoms with van der Waals surface area (Å²) in [5.41, 5.74) is 0. The van der Waals surface area contributed by atoms with E-state index in [0.29, 0.717) is 21.0 Å². The highest BCUT2D eigenvalue weighted by Gasteiger charge is 2.20. The predicted molar refractivity (Wildman–Crippen MR) is 176 cm³/mol.